The van der Waals surface area contributed by atoms with Crippen molar-refractivity contribution in [2.45, 2.75) is 171 Å². The van der Waals surface area contributed by atoms with Crippen LogP contribution in [0.25, 0.3) is 0 Å². The Labute approximate surface area is 336 Å². The van der Waals surface area contributed by atoms with Gasteiger partial charge in [0.15, 0.2) is 12.6 Å². The number of hydrogen-bond acceptors (Lipinski definition) is 14. The molecule has 2 saturated heterocycles. The molecule has 0 aliphatic carbocycles. The molecule has 0 bridgehead atoms. The molecule has 3 rings (SSSR count). The van der Waals surface area contributed by atoms with Crippen molar-refractivity contribution < 1.29 is 69.0 Å². The number of aliphatic hydroxyl groups is 6. The third kappa shape index (κ3) is 17.0. The van der Waals surface area contributed by atoms with E-state index in [1.807, 2.05) is 19.1 Å². The standard InChI is InChI=1S/C42H67NO14/c1-27(2)40(52)53-26-32-35(48)36(49)38(51)41(56-32)57-39-37(50)34(47)31(25-44)55-42(39)54-28(3)17-15-13-11-9-7-5-4-6-8-10-12-14-16-18-33(46)43-24-23-29-19-21-30(45)22-20-29/h4-5,19-22,28,31-32,34-39,41-42,44-45,47-51H,1,6-18,23-26H2,2-3H3,(H,43,46)/b5-4+/t28?,31-,32-,34-,35-,36+,37+,38-,39-,41+,42-/m1/s1. The van der Waals surface area contributed by atoms with Crippen LogP contribution in [0.3, 0.4) is 0 Å². The molecule has 8 N–H and O–H groups in total. The van der Waals surface area contributed by atoms with Gasteiger partial charge in [0, 0.05) is 18.5 Å². The number of phenolic OH excluding ortho intramolecular Hbond substituents is 1. The van der Waals surface area contributed by atoms with Crippen molar-refractivity contribution in [3.05, 3.63) is 54.1 Å². The number of nitrogens with one attached hydrogen (secondary N) is 1. The largest absolute Gasteiger partial charge is 0.508 e. The number of ether oxygens (including phenoxy) is 5. The first-order valence-electron chi connectivity index (χ1n) is 20.5. The van der Waals surface area contributed by atoms with Crippen molar-refractivity contribution in [1.29, 1.82) is 0 Å². The summed E-state index contributed by atoms with van der Waals surface area (Å²) >= 11 is 0. The van der Waals surface area contributed by atoms with Crippen LogP contribution in [0.15, 0.2) is 48.6 Å². The molecular formula is C42H67NO14. The van der Waals surface area contributed by atoms with Crippen LogP contribution in [-0.2, 0) is 39.7 Å². The number of aliphatic hydroxyl groups excluding tert-OH is 6. The van der Waals surface area contributed by atoms with Crippen molar-refractivity contribution in [3.63, 3.8) is 0 Å². The van der Waals surface area contributed by atoms with Crippen molar-refractivity contribution in [2.24, 2.45) is 0 Å². The molecule has 2 aliphatic rings. The molecule has 57 heavy (non-hydrogen) atoms. The highest BCUT2D eigenvalue weighted by atomic mass is 16.8. The van der Waals surface area contributed by atoms with E-state index in [1.165, 1.54) is 6.92 Å². The smallest absolute Gasteiger partial charge is 0.333 e. The molecule has 1 unspecified atom stereocenters. The summed E-state index contributed by atoms with van der Waals surface area (Å²) in [7, 11) is 0. The molecule has 0 aromatic heterocycles. The van der Waals surface area contributed by atoms with Gasteiger partial charge in [-0.25, -0.2) is 4.79 Å². The molecular weight excluding hydrogens is 742 g/mol. The lowest BCUT2D eigenvalue weighted by Crippen LogP contribution is -2.65. The molecule has 1 amide bonds. The second-order valence-electron chi connectivity index (χ2n) is 15.2. The number of rotatable bonds is 26. The number of carbonyl (C=O) groups is 2. The Balaban J connectivity index is 1.27. The molecule has 11 atom stereocenters. The maximum atomic E-state index is 12.1. The minimum Gasteiger partial charge on any atom is -0.508 e. The van der Waals surface area contributed by atoms with Crippen LogP contribution in [0.2, 0.25) is 0 Å². The summed E-state index contributed by atoms with van der Waals surface area (Å²) in [6, 6.07) is 7.02. The highest BCUT2D eigenvalue weighted by Gasteiger charge is 2.51. The summed E-state index contributed by atoms with van der Waals surface area (Å²) < 4.78 is 28.3. The highest BCUT2D eigenvalue weighted by Crippen LogP contribution is 2.31. The predicted octanol–water partition coefficient (Wildman–Crippen LogP) is 2.83. The normalized spacial score (nSPS) is 28.3. The van der Waals surface area contributed by atoms with E-state index in [1.54, 1.807) is 12.1 Å². The first-order chi connectivity index (χ1) is 27.3. The average molecular weight is 810 g/mol. The number of unbranched alkanes of at least 4 members (excludes halogenated alkanes) is 9. The van der Waals surface area contributed by atoms with Gasteiger partial charge in [0.1, 0.15) is 61.2 Å². The zero-order chi connectivity index (χ0) is 41.7. The van der Waals surface area contributed by atoms with Crippen LogP contribution in [-0.4, -0.2) is 135 Å². The van der Waals surface area contributed by atoms with Gasteiger partial charge in [0.05, 0.1) is 12.7 Å². The van der Waals surface area contributed by atoms with Gasteiger partial charge in [-0.05, 0) is 76.5 Å². The van der Waals surface area contributed by atoms with E-state index >= 15 is 0 Å². The molecule has 1 aromatic rings. The topological polar surface area (TPSA) is 234 Å². The van der Waals surface area contributed by atoms with Gasteiger partial charge in [-0.3, -0.25) is 4.79 Å². The van der Waals surface area contributed by atoms with Crippen LogP contribution in [0.1, 0.15) is 103 Å². The van der Waals surface area contributed by atoms with E-state index in [0.29, 0.717) is 19.4 Å². The number of hydrogen-bond donors (Lipinski definition) is 8. The molecule has 0 radical (unpaired) electrons. The van der Waals surface area contributed by atoms with Crippen LogP contribution < -0.4 is 5.32 Å². The Morgan fingerprint density at radius 1 is 0.807 bits per heavy atom. The third-order valence-electron chi connectivity index (χ3n) is 10.2. The van der Waals surface area contributed by atoms with Crippen molar-refractivity contribution in [1.82, 2.24) is 5.32 Å². The minimum absolute atomic E-state index is 0.0867. The molecule has 324 valence electrons. The van der Waals surface area contributed by atoms with Gasteiger partial charge in [-0.2, -0.15) is 0 Å². The van der Waals surface area contributed by atoms with Crippen molar-refractivity contribution >= 4 is 11.9 Å². The predicted molar refractivity (Wildman–Crippen MR) is 210 cm³/mol. The van der Waals surface area contributed by atoms with Gasteiger partial charge in [0.2, 0.25) is 5.91 Å². The van der Waals surface area contributed by atoms with E-state index in [9.17, 15) is 45.3 Å². The molecule has 0 saturated carbocycles. The molecule has 0 spiro atoms. The second kappa shape index (κ2) is 26.2. The number of carbonyl (C=O) groups excluding carboxylic acids is 2. The first-order valence-corrected chi connectivity index (χ1v) is 20.5. The van der Waals surface area contributed by atoms with Gasteiger partial charge in [-0.1, -0.05) is 69.4 Å². The van der Waals surface area contributed by atoms with Crippen molar-refractivity contribution in [3.8, 4) is 5.75 Å². The van der Waals surface area contributed by atoms with E-state index in [-0.39, 0.29) is 23.3 Å². The van der Waals surface area contributed by atoms with Gasteiger partial charge >= 0.3 is 5.97 Å². The number of phenols is 1. The molecule has 2 heterocycles. The van der Waals surface area contributed by atoms with E-state index < -0.39 is 80.6 Å². The summed E-state index contributed by atoms with van der Waals surface area (Å²) in [5.41, 5.74) is 1.19. The van der Waals surface area contributed by atoms with Crippen LogP contribution in [0, 0.1) is 0 Å². The number of amides is 1. The van der Waals surface area contributed by atoms with Crippen LogP contribution >= 0.6 is 0 Å². The lowest BCUT2D eigenvalue weighted by molar-refractivity contribution is -0.371. The van der Waals surface area contributed by atoms with Gasteiger partial charge < -0.3 is 64.7 Å². The first kappa shape index (κ1) is 48.4. The van der Waals surface area contributed by atoms with Crippen LogP contribution in [0.4, 0.5) is 0 Å². The Bertz CT molecular complexity index is 1340. The zero-order valence-electron chi connectivity index (χ0n) is 33.5. The maximum absolute atomic E-state index is 12.1. The summed E-state index contributed by atoms with van der Waals surface area (Å²) in [6.45, 7) is 6.25. The Kier molecular flexibility index (Phi) is 22.3. The number of allylic oxidation sites excluding steroid dienone is 2. The molecule has 2 fully saturated rings. The van der Waals surface area contributed by atoms with E-state index in [2.05, 4.69) is 24.0 Å². The van der Waals surface area contributed by atoms with E-state index in [4.69, 9.17) is 23.7 Å². The summed E-state index contributed by atoms with van der Waals surface area (Å²) in [4.78, 5) is 23.9. The molecule has 1 aromatic carbocycles. The number of aromatic hydroxyl groups is 1. The number of esters is 1. The number of benzene rings is 1. The SMILES string of the molecule is C=C(C)C(=O)OC[C@H]1O[C@@H](O[C@H]2[C@H](OC(C)CCCCCC/C=C/CCCCCCCC(=O)NCCc3ccc(O)cc3)O[C@H](CO)[C@@H](O)[C@@H]2O)[C@H](O)[C@@H](O)[C@@H]1O. The average Bonchev–Trinajstić information content (AvgIpc) is 3.19. The summed E-state index contributed by atoms with van der Waals surface area (Å²) in [5.74, 6) is -0.421. The minimum atomic E-state index is -1.78. The van der Waals surface area contributed by atoms with Gasteiger partial charge in [-0.15, -0.1) is 0 Å². The van der Waals surface area contributed by atoms with Gasteiger partial charge in [0.25, 0.3) is 0 Å². The highest BCUT2D eigenvalue weighted by molar-refractivity contribution is 5.86. The fourth-order valence-electron chi connectivity index (χ4n) is 6.67. The Morgan fingerprint density at radius 2 is 1.40 bits per heavy atom. The monoisotopic (exact) mass is 809 g/mol. The van der Waals surface area contributed by atoms with E-state index in [0.717, 1.165) is 82.6 Å². The lowest BCUT2D eigenvalue weighted by atomic mass is 9.97. The Morgan fingerprint density at radius 3 is 2.05 bits per heavy atom. The molecule has 15 heteroatoms. The molecule has 2 aliphatic heterocycles. The summed E-state index contributed by atoms with van der Waals surface area (Å²) in [5, 5.41) is 75.1. The lowest BCUT2D eigenvalue weighted by Gasteiger charge is -2.46. The quantitative estimate of drug-likeness (QED) is 0.0291. The maximum Gasteiger partial charge on any atom is 0.333 e. The van der Waals surface area contributed by atoms with Crippen molar-refractivity contribution in [2.75, 3.05) is 19.8 Å². The fourth-order valence-corrected chi connectivity index (χ4v) is 6.67. The summed E-state index contributed by atoms with van der Waals surface area (Å²) in [6.07, 6.45) is 2.15. The third-order valence-corrected chi connectivity index (χ3v) is 10.2. The second-order valence-corrected chi connectivity index (χ2v) is 15.2. The Hall–Kier alpha value is -2.96. The zero-order valence-corrected chi connectivity index (χ0v) is 33.5. The fraction of sp³-hybridized carbons (Fsp3) is 0.714. The molecule has 15 nitrogen and oxygen atoms in total. The van der Waals surface area contributed by atoms with Crippen LogP contribution in [0.5, 0.6) is 5.75 Å².